The highest BCUT2D eigenvalue weighted by molar-refractivity contribution is 6.44. The van der Waals surface area contributed by atoms with Crippen LogP contribution in [0.3, 0.4) is 0 Å². The maximum Gasteiger partial charge on any atom is 0.416 e. The monoisotopic (exact) mass is 334 g/mol. The van der Waals surface area contributed by atoms with Gasteiger partial charge in [-0.05, 0) is 36.2 Å². The Hall–Kier alpha value is -2.83. The second-order valence-corrected chi connectivity index (χ2v) is 5.37. The van der Waals surface area contributed by atoms with E-state index in [9.17, 15) is 22.8 Å². The normalized spacial score (nSPS) is 13.5. The van der Waals surface area contributed by atoms with E-state index in [0.717, 1.165) is 17.7 Å². The highest BCUT2D eigenvalue weighted by Crippen LogP contribution is 2.31. The van der Waals surface area contributed by atoms with Crippen LogP contribution in [0.1, 0.15) is 11.1 Å². The Morgan fingerprint density at radius 3 is 2.54 bits per heavy atom. The predicted molar refractivity (Wildman–Crippen MR) is 82.6 cm³/mol. The summed E-state index contributed by atoms with van der Waals surface area (Å²) >= 11 is 0. The van der Waals surface area contributed by atoms with E-state index < -0.39 is 23.6 Å². The Kier molecular flexibility index (Phi) is 4.01. The first kappa shape index (κ1) is 16.0. The van der Waals surface area contributed by atoms with Crippen LogP contribution in [0, 0.1) is 0 Å². The number of carbonyl (C=O) groups is 2. The van der Waals surface area contributed by atoms with E-state index in [4.69, 9.17) is 0 Å². The van der Waals surface area contributed by atoms with Crippen LogP contribution >= 0.6 is 0 Å². The third-order valence-electron chi connectivity index (χ3n) is 3.77. The summed E-state index contributed by atoms with van der Waals surface area (Å²) in [6.07, 6.45) is -3.88. The van der Waals surface area contributed by atoms with Crippen LogP contribution < -0.4 is 10.2 Å². The van der Waals surface area contributed by atoms with Crippen molar-refractivity contribution in [2.24, 2.45) is 0 Å². The molecule has 1 aliphatic rings. The van der Waals surface area contributed by atoms with Crippen LogP contribution in [-0.2, 0) is 22.2 Å². The van der Waals surface area contributed by atoms with Crippen molar-refractivity contribution in [3.63, 3.8) is 0 Å². The first-order valence-corrected chi connectivity index (χ1v) is 7.24. The average molecular weight is 334 g/mol. The number of carbonyl (C=O) groups excluding carboxylic acids is 2. The number of nitrogens with zero attached hydrogens (tertiary/aromatic N) is 1. The number of anilines is 2. The van der Waals surface area contributed by atoms with Crippen molar-refractivity contribution < 1.29 is 22.8 Å². The zero-order valence-corrected chi connectivity index (χ0v) is 12.4. The van der Waals surface area contributed by atoms with Crippen LogP contribution in [0.4, 0.5) is 24.5 Å². The lowest BCUT2D eigenvalue weighted by Gasteiger charge is -2.17. The van der Waals surface area contributed by atoms with Crippen LogP contribution in [0.5, 0.6) is 0 Å². The van der Waals surface area contributed by atoms with Crippen LogP contribution in [0.25, 0.3) is 0 Å². The van der Waals surface area contributed by atoms with Gasteiger partial charge in [0.2, 0.25) is 0 Å². The largest absolute Gasteiger partial charge is 0.416 e. The number of para-hydroxylation sites is 1. The number of benzene rings is 2. The maximum absolute atomic E-state index is 12.7. The lowest BCUT2D eigenvalue weighted by molar-refractivity contribution is -0.137. The van der Waals surface area contributed by atoms with E-state index >= 15 is 0 Å². The van der Waals surface area contributed by atoms with Gasteiger partial charge in [-0.15, -0.1) is 0 Å². The molecule has 2 amide bonds. The fourth-order valence-corrected chi connectivity index (χ4v) is 2.63. The summed E-state index contributed by atoms with van der Waals surface area (Å²) in [4.78, 5) is 25.7. The number of halogens is 3. The molecule has 124 valence electrons. The van der Waals surface area contributed by atoms with Gasteiger partial charge < -0.3 is 10.2 Å². The van der Waals surface area contributed by atoms with Crippen molar-refractivity contribution >= 4 is 23.2 Å². The molecule has 0 saturated heterocycles. The van der Waals surface area contributed by atoms with Gasteiger partial charge in [0.05, 0.1) is 5.56 Å². The summed E-state index contributed by atoms with van der Waals surface area (Å²) in [7, 11) is 0. The average Bonchev–Trinajstić information content (AvgIpc) is 2.97. The van der Waals surface area contributed by atoms with E-state index in [1.165, 1.54) is 17.0 Å². The van der Waals surface area contributed by atoms with Gasteiger partial charge in [-0.25, -0.2) is 0 Å². The molecule has 0 aromatic heterocycles. The maximum atomic E-state index is 12.7. The SMILES string of the molecule is O=C(Nc1cccc(C(F)(F)F)c1)C(=O)N1CCc2ccccc21. The number of nitrogens with one attached hydrogen (secondary N) is 1. The Labute approximate surface area is 135 Å². The summed E-state index contributed by atoms with van der Waals surface area (Å²) < 4.78 is 38.1. The first-order valence-electron chi connectivity index (χ1n) is 7.24. The highest BCUT2D eigenvalue weighted by atomic mass is 19.4. The van der Waals surface area contributed by atoms with E-state index in [2.05, 4.69) is 5.32 Å². The molecule has 1 heterocycles. The van der Waals surface area contributed by atoms with Crippen molar-refractivity contribution in [2.45, 2.75) is 12.6 Å². The third kappa shape index (κ3) is 3.10. The summed E-state index contributed by atoms with van der Waals surface area (Å²) in [5.41, 5.74) is 0.648. The van der Waals surface area contributed by atoms with Crippen LogP contribution in [-0.4, -0.2) is 18.4 Å². The fraction of sp³-hybridized carbons (Fsp3) is 0.176. The molecule has 0 aliphatic carbocycles. The number of amides is 2. The second kappa shape index (κ2) is 5.99. The minimum absolute atomic E-state index is 0.0735. The van der Waals surface area contributed by atoms with Gasteiger partial charge >= 0.3 is 18.0 Å². The number of hydrogen-bond donors (Lipinski definition) is 1. The van der Waals surface area contributed by atoms with Gasteiger partial charge in [0.1, 0.15) is 0 Å². The summed E-state index contributed by atoms with van der Waals surface area (Å²) in [6, 6.07) is 11.4. The standard InChI is InChI=1S/C17H13F3N2O2/c18-17(19,20)12-5-3-6-13(10-12)21-15(23)16(24)22-9-8-11-4-1-2-7-14(11)22/h1-7,10H,8-9H2,(H,21,23). The van der Waals surface area contributed by atoms with Crippen LogP contribution in [0.2, 0.25) is 0 Å². The first-order chi connectivity index (χ1) is 11.4. The van der Waals surface area contributed by atoms with E-state index in [1.54, 1.807) is 12.1 Å². The molecule has 2 aromatic carbocycles. The molecule has 2 aromatic rings. The Morgan fingerprint density at radius 2 is 1.79 bits per heavy atom. The zero-order chi connectivity index (χ0) is 17.3. The summed E-state index contributed by atoms with van der Waals surface area (Å²) in [5, 5.41) is 2.23. The van der Waals surface area contributed by atoms with Gasteiger partial charge in [0.25, 0.3) is 0 Å². The second-order valence-electron chi connectivity index (χ2n) is 5.37. The molecule has 1 N–H and O–H groups in total. The molecule has 3 rings (SSSR count). The van der Waals surface area contributed by atoms with Crippen LogP contribution in [0.15, 0.2) is 48.5 Å². The number of rotatable bonds is 1. The zero-order valence-electron chi connectivity index (χ0n) is 12.4. The molecule has 0 radical (unpaired) electrons. The molecule has 7 heteroatoms. The smallest absolute Gasteiger partial charge is 0.318 e. The van der Waals surface area contributed by atoms with Crippen molar-refractivity contribution in [1.29, 1.82) is 0 Å². The van der Waals surface area contributed by atoms with E-state index in [1.807, 2.05) is 12.1 Å². The Balaban J connectivity index is 1.75. The lowest BCUT2D eigenvalue weighted by atomic mass is 10.2. The molecule has 0 spiro atoms. The number of fused-ring (bicyclic) bond motifs is 1. The van der Waals surface area contributed by atoms with Gasteiger partial charge in [0.15, 0.2) is 0 Å². The number of hydrogen-bond acceptors (Lipinski definition) is 2. The topological polar surface area (TPSA) is 49.4 Å². The minimum atomic E-state index is -4.52. The van der Waals surface area contributed by atoms with Crippen molar-refractivity contribution in [3.05, 3.63) is 59.7 Å². The van der Waals surface area contributed by atoms with E-state index in [-0.39, 0.29) is 5.69 Å². The Morgan fingerprint density at radius 1 is 1.04 bits per heavy atom. The quantitative estimate of drug-likeness (QED) is 0.814. The molecule has 24 heavy (non-hydrogen) atoms. The molecular weight excluding hydrogens is 321 g/mol. The van der Waals surface area contributed by atoms with Gasteiger partial charge in [-0.2, -0.15) is 13.2 Å². The Bertz CT molecular complexity index is 802. The van der Waals surface area contributed by atoms with Gasteiger partial charge in [-0.1, -0.05) is 24.3 Å². The third-order valence-corrected chi connectivity index (χ3v) is 3.77. The molecule has 0 atom stereocenters. The summed E-state index contributed by atoms with van der Waals surface area (Å²) in [5.74, 6) is -1.76. The lowest BCUT2D eigenvalue weighted by Crippen LogP contribution is -2.38. The molecule has 4 nitrogen and oxygen atoms in total. The molecule has 0 fully saturated rings. The van der Waals surface area contributed by atoms with Crippen molar-refractivity contribution in [2.75, 3.05) is 16.8 Å². The predicted octanol–water partition coefficient (Wildman–Crippen LogP) is 3.23. The van der Waals surface area contributed by atoms with E-state index in [0.29, 0.717) is 18.7 Å². The number of alkyl halides is 3. The molecular formula is C17H13F3N2O2. The summed E-state index contributed by atoms with van der Waals surface area (Å²) in [6.45, 7) is 0.369. The van der Waals surface area contributed by atoms with Crippen molar-refractivity contribution in [3.8, 4) is 0 Å². The molecule has 0 saturated carbocycles. The molecule has 0 bridgehead atoms. The van der Waals surface area contributed by atoms with Crippen molar-refractivity contribution in [1.82, 2.24) is 0 Å². The van der Waals surface area contributed by atoms with Gasteiger partial charge in [0, 0.05) is 17.9 Å². The fourth-order valence-electron chi connectivity index (χ4n) is 2.63. The van der Waals surface area contributed by atoms with Gasteiger partial charge in [-0.3, -0.25) is 9.59 Å². The molecule has 0 unspecified atom stereocenters. The highest BCUT2D eigenvalue weighted by Gasteiger charge is 2.32. The molecule has 1 aliphatic heterocycles. The minimum Gasteiger partial charge on any atom is -0.318 e.